The molecule has 30 heavy (non-hydrogen) atoms. The van der Waals surface area contributed by atoms with Gasteiger partial charge in [-0.05, 0) is 45.7 Å². The van der Waals surface area contributed by atoms with Crippen molar-refractivity contribution in [3.05, 3.63) is 59.0 Å². The number of pyridine rings is 1. The average molecular weight is 419 g/mol. The van der Waals surface area contributed by atoms with Crippen LogP contribution in [0.3, 0.4) is 0 Å². The first-order valence-electron chi connectivity index (χ1n) is 10.4. The molecule has 0 bridgehead atoms. The lowest BCUT2D eigenvalue weighted by molar-refractivity contribution is -0.0411. The number of nitrogens with one attached hydrogen (secondary N) is 1. The van der Waals surface area contributed by atoms with E-state index < -0.39 is 0 Å². The number of benzene rings is 1. The number of anilines is 1. The third-order valence-corrected chi connectivity index (χ3v) is 6.66. The molecule has 4 heterocycles. The van der Waals surface area contributed by atoms with Crippen LogP contribution < -0.4 is 5.32 Å². The molecule has 154 valence electrons. The third kappa shape index (κ3) is 3.66. The Labute approximate surface area is 180 Å². The fourth-order valence-electron chi connectivity index (χ4n) is 4.11. The lowest BCUT2D eigenvalue weighted by Gasteiger charge is -2.30. The fraction of sp³-hybridized carbons (Fsp3) is 0.375. The van der Waals surface area contributed by atoms with Crippen molar-refractivity contribution in [2.24, 2.45) is 0 Å². The van der Waals surface area contributed by atoms with Crippen LogP contribution in [0, 0.1) is 6.92 Å². The maximum atomic E-state index is 6.00. The molecule has 1 aromatic carbocycles. The first-order valence-corrected chi connectivity index (χ1v) is 11.2. The minimum Gasteiger partial charge on any atom is -0.370 e. The predicted octanol–water partition coefficient (Wildman–Crippen LogP) is 5.44. The van der Waals surface area contributed by atoms with E-state index in [1.807, 2.05) is 6.92 Å². The second kappa shape index (κ2) is 7.29. The van der Waals surface area contributed by atoms with Crippen molar-refractivity contribution in [2.75, 3.05) is 5.32 Å². The molecule has 0 spiro atoms. The van der Waals surface area contributed by atoms with Gasteiger partial charge >= 0.3 is 0 Å². The SMILES string of the molecule is Cc1nc(NC(C)Cc2ccccc2)c2sc3nc4c(cc3c2n1)COC(C)(C)C4. The summed E-state index contributed by atoms with van der Waals surface area (Å²) < 4.78 is 7.08. The van der Waals surface area contributed by atoms with E-state index in [-0.39, 0.29) is 11.6 Å². The molecule has 0 radical (unpaired) electrons. The summed E-state index contributed by atoms with van der Waals surface area (Å²) in [4.78, 5) is 15.5. The van der Waals surface area contributed by atoms with Crippen molar-refractivity contribution in [1.29, 1.82) is 0 Å². The molecule has 5 rings (SSSR count). The second-order valence-electron chi connectivity index (χ2n) is 8.81. The van der Waals surface area contributed by atoms with Gasteiger partial charge in [-0.25, -0.2) is 15.0 Å². The van der Waals surface area contributed by atoms with Gasteiger partial charge in [-0.2, -0.15) is 0 Å². The lowest BCUT2D eigenvalue weighted by Crippen LogP contribution is -2.32. The maximum absolute atomic E-state index is 6.00. The summed E-state index contributed by atoms with van der Waals surface area (Å²) in [5, 5.41) is 4.72. The van der Waals surface area contributed by atoms with Gasteiger partial charge in [-0.15, -0.1) is 11.3 Å². The van der Waals surface area contributed by atoms with E-state index in [4.69, 9.17) is 19.7 Å². The quantitative estimate of drug-likeness (QED) is 0.478. The number of rotatable bonds is 4. The Morgan fingerprint density at radius 3 is 2.77 bits per heavy atom. The summed E-state index contributed by atoms with van der Waals surface area (Å²) in [5.74, 6) is 1.67. The molecular formula is C24H26N4OS. The zero-order chi connectivity index (χ0) is 20.9. The molecule has 0 saturated carbocycles. The second-order valence-corrected chi connectivity index (χ2v) is 9.81. The number of thiophene rings is 1. The molecule has 3 aromatic heterocycles. The van der Waals surface area contributed by atoms with E-state index in [9.17, 15) is 0 Å². The Hall–Kier alpha value is -2.57. The minimum absolute atomic E-state index is 0.166. The van der Waals surface area contributed by atoms with Gasteiger partial charge in [0.15, 0.2) is 0 Å². The van der Waals surface area contributed by atoms with Crippen LogP contribution >= 0.6 is 11.3 Å². The van der Waals surface area contributed by atoms with Crippen molar-refractivity contribution in [2.45, 2.75) is 58.8 Å². The molecule has 0 saturated heterocycles. The zero-order valence-electron chi connectivity index (χ0n) is 17.8. The van der Waals surface area contributed by atoms with Gasteiger partial charge in [0.25, 0.3) is 0 Å². The monoisotopic (exact) mass is 418 g/mol. The topological polar surface area (TPSA) is 59.9 Å². The molecule has 1 unspecified atom stereocenters. The Balaban J connectivity index is 1.54. The van der Waals surface area contributed by atoms with Crippen LogP contribution in [0.15, 0.2) is 36.4 Å². The van der Waals surface area contributed by atoms with Gasteiger partial charge in [-0.1, -0.05) is 30.3 Å². The van der Waals surface area contributed by atoms with Crippen LogP contribution in [-0.4, -0.2) is 26.6 Å². The van der Waals surface area contributed by atoms with Crippen LogP contribution in [0.5, 0.6) is 0 Å². The van der Waals surface area contributed by atoms with Gasteiger partial charge in [0, 0.05) is 23.4 Å². The molecular weight excluding hydrogens is 392 g/mol. The number of hydrogen-bond donors (Lipinski definition) is 1. The van der Waals surface area contributed by atoms with Crippen LogP contribution in [-0.2, 0) is 24.2 Å². The molecule has 6 heteroatoms. The van der Waals surface area contributed by atoms with E-state index >= 15 is 0 Å². The highest BCUT2D eigenvalue weighted by molar-refractivity contribution is 7.25. The van der Waals surface area contributed by atoms with E-state index in [1.54, 1.807) is 11.3 Å². The number of fused-ring (bicyclic) bond motifs is 4. The van der Waals surface area contributed by atoms with Crippen LogP contribution in [0.25, 0.3) is 20.4 Å². The maximum Gasteiger partial charge on any atom is 0.148 e. The molecule has 1 aliphatic rings. The van der Waals surface area contributed by atoms with Crippen molar-refractivity contribution in [1.82, 2.24) is 15.0 Å². The number of aryl methyl sites for hydroxylation is 1. The summed E-state index contributed by atoms with van der Waals surface area (Å²) in [7, 11) is 0. The molecule has 5 nitrogen and oxygen atoms in total. The van der Waals surface area contributed by atoms with Crippen LogP contribution in [0.2, 0.25) is 0 Å². The minimum atomic E-state index is -0.166. The number of aromatic nitrogens is 3. The Bertz CT molecular complexity index is 1230. The highest BCUT2D eigenvalue weighted by Gasteiger charge is 2.28. The first-order chi connectivity index (χ1) is 14.4. The highest BCUT2D eigenvalue weighted by atomic mass is 32.1. The van der Waals surface area contributed by atoms with E-state index in [1.165, 1.54) is 11.1 Å². The summed E-state index contributed by atoms with van der Waals surface area (Å²) in [5.41, 5.74) is 4.44. The normalized spacial score (nSPS) is 16.5. The fourth-order valence-corrected chi connectivity index (χ4v) is 5.18. The van der Waals surface area contributed by atoms with Gasteiger partial charge in [0.1, 0.15) is 16.5 Å². The van der Waals surface area contributed by atoms with Gasteiger partial charge in [0.2, 0.25) is 0 Å². The largest absolute Gasteiger partial charge is 0.370 e. The first kappa shape index (κ1) is 19.4. The number of hydrogen-bond acceptors (Lipinski definition) is 6. The highest BCUT2D eigenvalue weighted by Crippen LogP contribution is 2.38. The summed E-state index contributed by atoms with van der Waals surface area (Å²) in [6, 6.07) is 13.0. The van der Waals surface area contributed by atoms with E-state index in [0.29, 0.717) is 6.61 Å². The Kier molecular flexibility index (Phi) is 4.71. The van der Waals surface area contributed by atoms with Gasteiger partial charge in [0.05, 0.1) is 28.1 Å². The Morgan fingerprint density at radius 2 is 1.97 bits per heavy atom. The molecule has 1 N–H and O–H groups in total. The number of ether oxygens (including phenoxy) is 1. The molecule has 1 atom stereocenters. The molecule has 0 fully saturated rings. The van der Waals surface area contributed by atoms with Crippen molar-refractivity contribution >= 4 is 37.6 Å². The molecule has 4 aromatic rings. The molecule has 0 amide bonds. The zero-order valence-corrected chi connectivity index (χ0v) is 18.6. The van der Waals surface area contributed by atoms with Gasteiger partial charge in [-0.3, -0.25) is 0 Å². The standard InChI is InChI=1S/C24H26N4OS/c1-14(10-16-8-6-5-7-9-16)25-22-21-20(26-15(2)27-22)18-11-17-13-29-24(3,4)12-19(17)28-23(18)30-21/h5-9,11,14H,10,12-13H2,1-4H3,(H,25,26,27). The number of nitrogens with zero attached hydrogens (tertiary/aromatic N) is 3. The predicted molar refractivity (Wildman–Crippen MR) is 123 cm³/mol. The van der Waals surface area contributed by atoms with Gasteiger partial charge < -0.3 is 10.1 Å². The molecule has 1 aliphatic heterocycles. The third-order valence-electron chi connectivity index (χ3n) is 5.57. The summed E-state index contributed by atoms with van der Waals surface area (Å²) in [6.45, 7) is 8.99. The Morgan fingerprint density at radius 1 is 1.17 bits per heavy atom. The van der Waals surface area contributed by atoms with E-state index in [2.05, 4.69) is 62.5 Å². The van der Waals surface area contributed by atoms with Crippen LogP contribution in [0.4, 0.5) is 5.82 Å². The molecule has 0 aliphatic carbocycles. The average Bonchev–Trinajstić information content (AvgIpc) is 3.04. The summed E-state index contributed by atoms with van der Waals surface area (Å²) in [6.07, 6.45) is 1.77. The summed E-state index contributed by atoms with van der Waals surface area (Å²) >= 11 is 1.68. The van der Waals surface area contributed by atoms with Crippen LogP contribution in [0.1, 0.15) is 43.4 Å². The van der Waals surface area contributed by atoms with Crippen molar-refractivity contribution in [3.63, 3.8) is 0 Å². The van der Waals surface area contributed by atoms with E-state index in [0.717, 1.165) is 50.6 Å². The lowest BCUT2D eigenvalue weighted by atomic mass is 9.95. The van der Waals surface area contributed by atoms with Crippen molar-refractivity contribution < 1.29 is 4.74 Å². The smallest absolute Gasteiger partial charge is 0.148 e. The van der Waals surface area contributed by atoms with Crippen molar-refractivity contribution in [3.8, 4) is 0 Å².